The Labute approximate surface area is 139 Å². The lowest BCUT2D eigenvalue weighted by Gasteiger charge is -2.31. The van der Waals surface area contributed by atoms with Crippen molar-refractivity contribution in [3.8, 4) is 0 Å². The molecule has 1 aromatic heterocycles. The Morgan fingerprint density at radius 1 is 1.04 bits per heavy atom. The molecule has 5 heteroatoms. The third kappa shape index (κ3) is 2.37. The van der Waals surface area contributed by atoms with E-state index in [0.717, 1.165) is 23.0 Å². The van der Waals surface area contributed by atoms with Gasteiger partial charge in [0.15, 0.2) is 0 Å². The highest BCUT2D eigenvalue weighted by atomic mass is 19.1. The maximum absolute atomic E-state index is 14.4. The van der Waals surface area contributed by atoms with E-state index in [0.29, 0.717) is 23.5 Å². The third-order valence-electron chi connectivity index (χ3n) is 4.65. The number of rotatable bonds is 2. The van der Waals surface area contributed by atoms with Crippen molar-refractivity contribution in [2.24, 2.45) is 4.99 Å². The van der Waals surface area contributed by atoms with Gasteiger partial charge in [0.25, 0.3) is 0 Å². The van der Waals surface area contributed by atoms with Crippen LogP contribution in [-0.4, -0.2) is 26.4 Å². The average Bonchev–Trinajstić information content (AvgIpc) is 2.62. The van der Waals surface area contributed by atoms with Gasteiger partial charge in [0.2, 0.25) is 5.82 Å². The van der Waals surface area contributed by atoms with Crippen molar-refractivity contribution in [3.63, 3.8) is 0 Å². The van der Waals surface area contributed by atoms with Gasteiger partial charge < -0.3 is 0 Å². The lowest BCUT2D eigenvalue weighted by atomic mass is 9.83. The number of hydrogen-bond acceptors (Lipinski definition) is 4. The van der Waals surface area contributed by atoms with Crippen LogP contribution in [0, 0.1) is 5.82 Å². The zero-order valence-corrected chi connectivity index (χ0v) is 13.6. The number of benzene rings is 2. The third-order valence-corrected chi connectivity index (χ3v) is 4.65. The molecule has 0 amide bonds. The van der Waals surface area contributed by atoms with E-state index in [2.05, 4.69) is 22.1 Å². The van der Waals surface area contributed by atoms with Crippen molar-refractivity contribution in [3.05, 3.63) is 65.2 Å². The Bertz CT molecular complexity index is 966. The molecule has 1 atom stereocenters. The van der Waals surface area contributed by atoms with Crippen LogP contribution in [0.15, 0.2) is 47.5 Å². The Morgan fingerprint density at radius 2 is 1.83 bits per heavy atom. The van der Waals surface area contributed by atoms with Crippen molar-refractivity contribution in [1.29, 1.82) is 0 Å². The van der Waals surface area contributed by atoms with Gasteiger partial charge in [0.1, 0.15) is 17.0 Å². The molecule has 24 heavy (non-hydrogen) atoms. The van der Waals surface area contributed by atoms with Gasteiger partial charge in [0, 0.05) is 12.0 Å². The number of aliphatic imine (C=N–C) groups is 1. The predicted molar refractivity (Wildman–Crippen MR) is 91.8 cm³/mol. The number of fused-ring (bicyclic) bond motifs is 2. The van der Waals surface area contributed by atoms with Crippen molar-refractivity contribution in [1.82, 2.24) is 15.2 Å². The van der Waals surface area contributed by atoms with Crippen molar-refractivity contribution >= 4 is 16.7 Å². The van der Waals surface area contributed by atoms with E-state index in [-0.39, 0.29) is 11.4 Å². The lowest BCUT2D eigenvalue weighted by molar-refractivity contribution is 0.436. The minimum atomic E-state index is -0.362. The van der Waals surface area contributed by atoms with Crippen LogP contribution in [0.5, 0.6) is 0 Å². The summed E-state index contributed by atoms with van der Waals surface area (Å²) in [7, 11) is 0. The van der Waals surface area contributed by atoms with E-state index in [9.17, 15) is 4.39 Å². The summed E-state index contributed by atoms with van der Waals surface area (Å²) in [4.78, 5) is 9.48. The predicted octanol–water partition coefficient (Wildman–Crippen LogP) is 3.73. The second kappa shape index (κ2) is 5.44. The van der Waals surface area contributed by atoms with Gasteiger partial charge in [-0.1, -0.05) is 31.2 Å². The fourth-order valence-electron chi connectivity index (χ4n) is 3.07. The van der Waals surface area contributed by atoms with Crippen molar-refractivity contribution < 1.29 is 4.39 Å². The van der Waals surface area contributed by atoms with Gasteiger partial charge in [-0.3, -0.25) is 4.99 Å². The molecule has 0 radical (unpaired) electrons. The second-order valence-corrected chi connectivity index (χ2v) is 6.38. The number of para-hydroxylation sites is 1. The Morgan fingerprint density at radius 3 is 2.62 bits per heavy atom. The van der Waals surface area contributed by atoms with Gasteiger partial charge in [0.05, 0.1) is 11.1 Å². The molecule has 2 aromatic carbocycles. The highest BCUT2D eigenvalue weighted by Crippen LogP contribution is 2.32. The molecular formula is C19H17FN4. The van der Waals surface area contributed by atoms with Crippen LogP contribution in [0.1, 0.15) is 37.2 Å². The molecule has 0 saturated heterocycles. The molecule has 0 bridgehead atoms. The molecule has 4 nitrogen and oxygen atoms in total. The zero-order chi connectivity index (χ0) is 16.7. The van der Waals surface area contributed by atoms with Crippen LogP contribution in [-0.2, 0) is 6.42 Å². The first-order valence-corrected chi connectivity index (χ1v) is 8.07. The van der Waals surface area contributed by atoms with Crippen LogP contribution in [0.3, 0.4) is 0 Å². The van der Waals surface area contributed by atoms with E-state index in [1.54, 1.807) is 6.07 Å². The van der Waals surface area contributed by atoms with Gasteiger partial charge in [-0.25, -0.2) is 9.37 Å². The molecule has 120 valence electrons. The number of hydrogen-bond donors (Lipinski definition) is 0. The molecule has 4 rings (SSSR count). The Kier molecular flexibility index (Phi) is 3.37. The molecule has 3 aromatic rings. The van der Waals surface area contributed by atoms with E-state index in [4.69, 9.17) is 4.99 Å². The van der Waals surface area contributed by atoms with Crippen LogP contribution in [0.25, 0.3) is 11.0 Å². The molecule has 1 aliphatic rings. The summed E-state index contributed by atoms with van der Waals surface area (Å²) in [6, 6.07) is 12.6. The maximum Gasteiger partial charge on any atom is 0.201 e. The second-order valence-electron chi connectivity index (χ2n) is 6.38. The van der Waals surface area contributed by atoms with Crippen molar-refractivity contribution in [2.45, 2.75) is 32.2 Å². The normalized spacial score (nSPS) is 19.9. The zero-order valence-electron chi connectivity index (χ0n) is 13.6. The molecule has 0 fully saturated rings. The minimum Gasteiger partial charge on any atom is -0.274 e. The van der Waals surface area contributed by atoms with Gasteiger partial charge in [-0.15, -0.1) is 10.2 Å². The summed E-state index contributed by atoms with van der Waals surface area (Å²) in [5.74, 6) is 0.244. The molecule has 0 saturated carbocycles. The molecule has 1 aliphatic heterocycles. The van der Waals surface area contributed by atoms with Crippen LogP contribution >= 0.6 is 0 Å². The molecule has 0 aliphatic carbocycles. The first kappa shape index (κ1) is 14.9. The quantitative estimate of drug-likeness (QED) is 0.723. The Balaban J connectivity index is 1.95. The molecular weight excluding hydrogens is 303 g/mol. The van der Waals surface area contributed by atoms with E-state index in [1.807, 2.05) is 37.3 Å². The van der Waals surface area contributed by atoms with Crippen molar-refractivity contribution in [2.75, 3.05) is 0 Å². The first-order chi connectivity index (χ1) is 11.6. The highest BCUT2D eigenvalue weighted by molar-refractivity contribution is 6.12. The highest BCUT2D eigenvalue weighted by Gasteiger charge is 2.32. The van der Waals surface area contributed by atoms with E-state index >= 15 is 0 Å². The van der Waals surface area contributed by atoms with Crippen LogP contribution in [0.2, 0.25) is 0 Å². The smallest absolute Gasteiger partial charge is 0.201 e. The van der Waals surface area contributed by atoms with Gasteiger partial charge in [-0.05, 0) is 37.1 Å². The summed E-state index contributed by atoms with van der Waals surface area (Å²) < 4.78 is 14.4. The summed E-state index contributed by atoms with van der Waals surface area (Å²) in [5, 5.41) is 8.48. The summed E-state index contributed by atoms with van der Waals surface area (Å²) in [5.41, 5.74) is 3.20. The summed E-state index contributed by atoms with van der Waals surface area (Å²) in [6.45, 7) is 4.10. The average molecular weight is 320 g/mol. The first-order valence-electron chi connectivity index (χ1n) is 8.07. The largest absolute Gasteiger partial charge is 0.274 e. The van der Waals surface area contributed by atoms with E-state index < -0.39 is 0 Å². The van der Waals surface area contributed by atoms with Crippen LogP contribution < -0.4 is 0 Å². The summed E-state index contributed by atoms with van der Waals surface area (Å²) in [6.07, 6.45) is 1.39. The molecule has 0 spiro atoms. The number of aromatic nitrogens is 3. The molecule has 2 heterocycles. The lowest BCUT2D eigenvalue weighted by Crippen LogP contribution is -2.33. The topological polar surface area (TPSA) is 51.0 Å². The Hall–Kier alpha value is -2.69. The maximum atomic E-state index is 14.4. The monoisotopic (exact) mass is 320 g/mol. The number of halogens is 1. The number of nitrogens with zero attached hydrogens (tertiary/aromatic N) is 4. The minimum absolute atomic E-state index is 0.201. The van der Waals surface area contributed by atoms with E-state index in [1.165, 1.54) is 6.07 Å². The standard InChI is InChI=1S/C19H17FN4/c1-3-19(2)11-13-12(7-6-8-14(13)20)17(22-19)18-21-15-9-4-5-10-16(15)23-24-18/h4-10H,3,11H2,1-2H3. The fourth-order valence-corrected chi connectivity index (χ4v) is 3.07. The summed E-state index contributed by atoms with van der Waals surface area (Å²) >= 11 is 0. The van der Waals surface area contributed by atoms with Gasteiger partial charge in [-0.2, -0.15) is 0 Å². The van der Waals surface area contributed by atoms with Gasteiger partial charge >= 0.3 is 0 Å². The molecule has 1 unspecified atom stereocenters. The van der Waals surface area contributed by atoms with Crippen LogP contribution in [0.4, 0.5) is 4.39 Å². The SMILES string of the molecule is CCC1(C)Cc2c(F)cccc2C(c2nnc3ccccc3n2)=N1. The fraction of sp³-hybridized carbons (Fsp3) is 0.263. The molecule has 0 N–H and O–H groups in total.